The predicted molar refractivity (Wildman–Crippen MR) is 124 cm³/mol. The number of nitrogens with zero attached hydrogens (tertiary/aromatic N) is 1. The highest BCUT2D eigenvalue weighted by Crippen LogP contribution is 2.38. The van der Waals surface area contributed by atoms with Gasteiger partial charge in [0.05, 0.1) is 18.5 Å². The number of sulfonamides is 1. The van der Waals surface area contributed by atoms with Crippen LogP contribution in [0.4, 0.5) is 5.69 Å². The fourth-order valence-electron chi connectivity index (χ4n) is 3.65. The number of amides is 1. The number of rotatable bonds is 6. The molecule has 6 nitrogen and oxygen atoms in total. The minimum atomic E-state index is -3.56. The molecule has 0 bridgehead atoms. The van der Waals surface area contributed by atoms with Gasteiger partial charge in [-0.2, -0.15) is 0 Å². The molecule has 0 saturated heterocycles. The zero-order valence-corrected chi connectivity index (χ0v) is 19.8. The summed E-state index contributed by atoms with van der Waals surface area (Å²) in [7, 11) is -3.56. The average Bonchev–Trinajstić information content (AvgIpc) is 2.68. The minimum absolute atomic E-state index is 0.0385. The Morgan fingerprint density at radius 3 is 2.58 bits per heavy atom. The Morgan fingerprint density at radius 2 is 1.94 bits per heavy atom. The Balaban J connectivity index is 1.68. The summed E-state index contributed by atoms with van der Waals surface area (Å²) in [5.41, 5.74) is 3.80. The van der Waals surface area contributed by atoms with Crippen LogP contribution in [-0.4, -0.2) is 39.8 Å². The molecule has 1 aliphatic heterocycles. The van der Waals surface area contributed by atoms with Crippen molar-refractivity contribution in [2.45, 2.75) is 52.1 Å². The Hall–Kier alpha value is -2.54. The van der Waals surface area contributed by atoms with E-state index in [-0.39, 0.29) is 17.9 Å². The zero-order valence-electron chi connectivity index (χ0n) is 18.9. The molecule has 1 N–H and O–H groups in total. The topological polar surface area (TPSA) is 75.7 Å². The summed E-state index contributed by atoms with van der Waals surface area (Å²) in [6, 6.07) is 13.8. The first kappa shape index (κ1) is 23.1. The van der Waals surface area contributed by atoms with Crippen LogP contribution in [0.2, 0.25) is 0 Å². The second-order valence-electron chi connectivity index (χ2n) is 9.22. The second-order valence-corrected chi connectivity index (χ2v) is 11.1. The SMILES string of the molecule is Cc1cccc(CCCNC(=O)[C@@H]2CN(S(C)(=O)=O)c3cc(C(C)(C)C)ccc3O2)c1. The lowest BCUT2D eigenvalue weighted by Gasteiger charge is -2.35. The first-order valence-corrected chi connectivity index (χ1v) is 12.4. The quantitative estimate of drug-likeness (QED) is 0.691. The van der Waals surface area contributed by atoms with Crippen LogP contribution in [0.1, 0.15) is 43.9 Å². The fraction of sp³-hybridized carbons (Fsp3) is 0.458. The second kappa shape index (κ2) is 8.91. The zero-order chi connectivity index (χ0) is 22.8. The largest absolute Gasteiger partial charge is 0.476 e. The lowest BCUT2D eigenvalue weighted by atomic mass is 9.86. The molecular formula is C24H32N2O4S. The Morgan fingerprint density at radius 1 is 1.19 bits per heavy atom. The van der Waals surface area contributed by atoms with Crippen molar-refractivity contribution >= 4 is 21.6 Å². The number of hydrogen-bond donors (Lipinski definition) is 1. The van der Waals surface area contributed by atoms with Gasteiger partial charge in [-0.25, -0.2) is 8.42 Å². The molecule has 7 heteroatoms. The van der Waals surface area contributed by atoms with Crippen molar-refractivity contribution in [3.8, 4) is 5.75 Å². The highest BCUT2D eigenvalue weighted by molar-refractivity contribution is 7.92. The molecule has 0 aliphatic carbocycles. The summed E-state index contributed by atoms with van der Waals surface area (Å²) in [6.45, 7) is 8.72. The van der Waals surface area contributed by atoms with Crippen LogP contribution in [0, 0.1) is 6.92 Å². The number of nitrogens with one attached hydrogen (secondary N) is 1. The molecule has 168 valence electrons. The van der Waals surface area contributed by atoms with Gasteiger partial charge in [-0.05, 0) is 48.4 Å². The van der Waals surface area contributed by atoms with Gasteiger partial charge >= 0.3 is 0 Å². The molecule has 1 amide bonds. The highest BCUT2D eigenvalue weighted by Gasteiger charge is 2.35. The first-order chi connectivity index (χ1) is 14.4. The first-order valence-electron chi connectivity index (χ1n) is 10.6. The highest BCUT2D eigenvalue weighted by atomic mass is 32.2. The van der Waals surface area contributed by atoms with Crippen molar-refractivity contribution in [3.05, 3.63) is 59.2 Å². The molecular weight excluding hydrogens is 412 g/mol. The van der Waals surface area contributed by atoms with Crippen LogP contribution in [0.15, 0.2) is 42.5 Å². The maximum absolute atomic E-state index is 12.7. The minimum Gasteiger partial charge on any atom is -0.476 e. The standard InChI is InChI=1S/C24H32N2O4S/c1-17-8-6-9-18(14-17)10-7-13-25-23(27)22-16-26(31(5,28)29)20-15-19(24(2,3)4)11-12-21(20)30-22/h6,8-9,11-12,14-15,22H,7,10,13,16H2,1-5H3,(H,25,27)/t22-/m0/s1. The number of hydrogen-bond acceptors (Lipinski definition) is 4. The number of carbonyl (C=O) groups is 1. The lowest BCUT2D eigenvalue weighted by molar-refractivity contribution is -0.127. The third-order valence-electron chi connectivity index (χ3n) is 5.41. The molecule has 0 fully saturated rings. The summed E-state index contributed by atoms with van der Waals surface area (Å²) < 4.78 is 32.1. The van der Waals surface area contributed by atoms with Gasteiger partial charge in [0.15, 0.2) is 6.10 Å². The summed E-state index contributed by atoms with van der Waals surface area (Å²) >= 11 is 0. The number of aryl methyl sites for hydroxylation is 2. The van der Waals surface area contributed by atoms with Crippen LogP contribution >= 0.6 is 0 Å². The van der Waals surface area contributed by atoms with Crippen molar-refractivity contribution < 1.29 is 17.9 Å². The number of carbonyl (C=O) groups excluding carboxylic acids is 1. The molecule has 1 heterocycles. The van der Waals surface area contributed by atoms with Crippen molar-refractivity contribution in [3.63, 3.8) is 0 Å². The molecule has 2 aromatic carbocycles. The van der Waals surface area contributed by atoms with Gasteiger partial charge in [-0.15, -0.1) is 0 Å². The van der Waals surface area contributed by atoms with Gasteiger partial charge < -0.3 is 10.1 Å². The van der Waals surface area contributed by atoms with Gasteiger partial charge in [-0.1, -0.05) is 56.7 Å². The van der Waals surface area contributed by atoms with E-state index in [1.54, 1.807) is 6.07 Å². The fourth-order valence-corrected chi connectivity index (χ4v) is 4.56. The molecule has 0 unspecified atom stereocenters. The third-order valence-corrected chi connectivity index (χ3v) is 6.56. The van der Waals surface area contributed by atoms with Gasteiger partial charge in [0, 0.05) is 6.54 Å². The summed E-state index contributed by atoms with van der Waals surface area (Å²) in [5, 5.41) is 2.89. The van der Waals surface area contributed by atoms with Gasteiger partial charge in [0.2, 0.25) is 10.0 Å². The van der Waals surface area contributed by atoms with E-state index in [0.29, 0.717) is 18.0 Å². The predicted octanol–water partition coefficient (Wildman–Crippen LogP) is 3.57. The Labute approximate surface area is 185 Å². The average molecular weight is 445 g/mol. The van der Waals surface area contributed by atoms with E-state index in [9.17, 15) is 13.2 Å². The van der Waals surface area contributed by atoms with Crippen LogP contribution in [0.5, 0.6) is 5.75 Å². The van der Waals surface area contributed by atoms with Crippen molar-refractivity contribution in [2.75, 3.05) is 23.7 Å². The summed E-state index contributed by atoms with van der Waals surface area (Å²) in [5.74, 6) is 0.105. The summed E-state index contributed by atoms with van der Waals surface area (Å²) in [4.78, 5) is 12.7. The number of fused-ring (bicyclic) bond motifs is 1. The normalized spacial score (nSPS) is 16.4. The number of anilines is 1. The van der Waals surface area contributed by atoms with E-state index in [1.807, 2.05) is 18.2 Å². The molecule has 1 aliphatic rings. The molecule has 3 rings (SSSR count). The molecule has 0 saturated carbocycles. The lowest BCUT2D eigenvalue weighted by Crippen LogP contribution is -2.50. The molecule has 0 radical (unpaired) electrons. The molecule has 2 aromatic rings. The van der Waals surface area contributed by atoms with E-state index < -0.39 is 16.1 Å². The van der Waals surface area contributed by atoms with E-state index in [1.165, 1.54) is 15.4 Å². The summed E-state index contributed by atoms with van der Waals surface area (Å²) in [6.07, 6.45) is 1.93. The van der Waals surface area contributed by atoms with Crippen LogP contribution in [-0.2, 0) is 26.7 Å². The maximum Gasteiger partial charge on any atom is 0.263 e. The number of benzene rings is 2. The van der Waals surface area contributed by atoms with Gasteiger partial charge in [0.25, 0.3) is 5.91 Å². The van der Waals surface area contributed by atoms with Crippen molar-refractivity contribution in [2.24, 2.45) is 0 Å². The van der Waals surface area contributed by atoms with E-state index in [4.69, 9.17) is 4.74 Å². The monoisotopic (exact) mass is 444 g/mol. The Bertz CT molecular complexity index is 1060. The van der Waals surface area contributed by atoms with E-state index >= 15 is 0 Å². The smallest absolute Gasteiger partial charge is 0.263 e. The molecule has 1 atom stereocenters. The van der Waals surface area contributed by atoms with Gasteiger partial charge in [0.1, 0.15) is 5.75 Å². The number of ether oxygens (including phenoxy) is 1. The molecule has 31 heavy (non-hydrogen) atoms. The van der Waals surface area contributed by atoms with Gasteiger partial charge in [-0.3, -0.25) is 9.10 Å². The molecule has 0 spiro atoms. The molecule has 0 aromatic heterocycles. The third kappa shape index (κ3) is 5.79. The van der Waals surface area contributed by atoms with E-state index in [2.05, 4.69) is 51.2 Å². The van der Waals surface area contributed by atoms with Crippen molar-refractivity contribution in [1.29, 1.82) is 0 Å². The van der Waals surface area contributed by atoms with Crippen LogP contribution < -0.4 is 14.4 Å². The van der Waals surface area contributed by atoms with Crippen LogP contribution in [0.25, 0.3) is 0 Å². The Kier molecular flexibility index (Phi) is 6.65. The van der Waals surface area contributed by atoms with Crippen molar-refractivity contribution in [1.82, 2.24) is 5.32 Å². The van der Waals surface area contributed by atoms with E-state index in [0.717, 1.165) is 24.7 Å². The van der Waals surface area contributed by atoms with Crippen LogP contribution in [0.3, 0.4) is 0 Å². The maximum atomic E-state index is 12.7.